The maximum Gasteiger partial charge on any atom is 0.229 e. The first-order valence-electron chi connectivity index (χ1n) is 14.1. The van der Waals surface area contributed by atoms with E-state index < -0.39 is 7.14 Å². The number of ether oxygens (including phenoxy) is 1. The van der Waals surface area contributed by atoms with Crippen molar-refractivity contribution in [1.82, 2.24) is 34.6 Å². The molecule has 0 atom stereocenters. The molecule has 0 unspecified atom stereocenters. The van der Waals surface area contributed by atoms with Crippen LogP contribution in [-0.2, 0) is 11.6 Å². The zero-order chi connectivity index (χ0) is 31.0. The van der Waals surface area contributed by atoms with Crippen LogP contribution in [0.15, 0.2) is 65.8 Å². The highest BCUT2D eigenvalue weighted by Crippen LogP contribution is 2.42. The van der Waals surface area contributed by atoms with Crippen LogP contribution in [0.25, 0.3) is 27.7 Å². The first kappa shape index (κ1) is 29.9. The number of hydrogen-bond donors (Lipinski definition) is 2. The van der Waals surface area contributed by atoms with Gasteiger partial charge in [0.05, 0.1) is 40.0 Å². The molecular formula is C31H33BrN9O2P. The molecule has 0 amide bonds. The minimum absolute atomic E-state index is 0.357. The molecule has 44 heavy (non-hydrogen) atoms. The van der Waals surface area contributed by atoms with Gasteiger partial charge in [-0.25, -0.2) is 4.98 Å². The Labute approximate surface area is 264 Å². The molecule has 6 rings (SSSR count). The molecule has 1 aliphatic heterocycles. The lowest BCUT2D eigenvalue weighted by molar-refractivity contribution is 0.370. The summed E-state index contributed by atoms with van der Waals surface area (Å²) >= 11 is 3.57. The number of aryl methyl sites for hydroxylation is 1. The molecule has 0 fully saturated rings. The summed E-state index contributed by atoms with van der Waals surface area (Å²) in [4.78, 5) is 20.5. The van der Waals surface area contributed by atoms with Crippen LogP contribution in [0.3, 0.4) is 0 Å². The molecule has 0 radical (unpaired) electrons. The maximum absolute atomic E-state index is 13.4. The Morgan fingerprint density at radius 2 is 1.82 bits per heavy atom. The minimum atomic E-state index is -2.75. The summed E-state index contributed by atoms with van der Waals surface area (Å²) in [7, 11) is 2.94. The Balaban J connectivity index is 1.39. The van der Waals surface area contributed by atoms with Crippen LogP contribution in [0.2, 0.25) is 0 Å². The summed E-state index contributed by atoms with van der Waals surface area (Å²) < 4.78 is 21.7. The quantitative estimate of drug-likeness (QED) is 0.188. The predicted molar refractivity (Wildman–Crippen MR) is 180 cm³/mol. The Hall–Kier alpha value is -4.12. The number of benzene rings is 2. The molecule has 5 aromatic rings. The largest absolute Gasteiger partial charge is 0.495 e. The van der Waals surface area contributed by atoms with Gasteiger partial charge in [-0.1, -0.05) is 6.08 Å². The summed E-state index contributed by atoms with van der Waals surface area (Å²) in [6, 6.07) is 7.84. The zero-order valence-corrected chi connectivity index (χ0v) is 27.6. The van der Waals surface area contributed by atoms with Gasteiger partial charge in [0, 0.05) is 50.5 Å². The van der Waals surface area contributed by atoms with Crippen LogP contribution in [-0.4, -0.2) is 75.2 Å². The third-order valence-electron chi connectivity index (χ3n) is 7.51. The standard InChI is InChI=1S/C31H33BrN9O2P/c1-40-12-8-19(9-13-40)22-15-27(43-3)26(14-21(22)20-16-36-41(2)18-20)38-31-35-17-23(32)30(39-31)37-25-7-6-24-28(34-11-10-33-24)29(25)44(4,5)42/h6-8,10-11,14-18H,9,12-13H2,1-5H3,(H2,35,37,38,39). The van der Waals surface area contributed by atoms with E-state index in [0.29, 0.717) is 49.7 Å². The summed E-state index contributed by atoms with van der Waals surface area (Å²) in [5.74, 6) is 1.53. The molecular weight excluding hydrogens is 641 g/mol. The molecule has 0 bridgehead atoms. The van der Waals surface area contributed by atoms with Gasteiger partial charge in [-0.3, -0.25) is 14.6 Å². The fourth-order valence-corrected chi connectivity index (χ4v) is 7.04. The molecule has 2 aromatic carbocycles. The molecule has 0 saturated heterocycles. The van der Waals surface area contributed by atoms with Crippen molar-refractivity contribution in [2.45, 2.75) is 6.42 Å². The smallest absolute Gasteiger partial charge is 0.229 e. The number of fused-ring (bicyclic) bond motifs is 1. The maximum atomic E-state index is 13.4. The van der Waals surface area contributed by atoms with Gasteiger partial charge in [0.1, 0.15) is 24.2 Å². The number of nitrogens with one attached hydrogen (secondary N) is 2. The van der Waals surface area contributed by atoms with Gasteiger partial charge < -0.3 is 24.8 Å². The highest BCUT2D eigenvalue weighted by atomic mass is 79.9. The second-order valence-electron chi connectivity index (χ2n) is 11.1. The van der Waals surface area contributed by atoms with Crippen LogP contribution in [0.1, 0.15) is 12.0 Å². The molecule has 4 heterocycles. The van der Waals surface area contributed by atoms with Crippen molar-refractivity contribution in [2.75, 3.05) is 51.2 Å². The molecule has 13 heteroatoms. The van der Waals surface area contributed by atoms with Gasteiger partial charge in [0.15, 0.2) is 0 Å². The van der Waals surface area contributed by atoms with E-state index in [1.807, 2.05) is 31.6 Å². The van der Waals surface area contributed by atoms with Gasteiger partial charge >= 0.3 is 0 Å². The van der Waals surface area contributed by atoms with Crippen LogP contribution in [0.4, 0.5) is 23.1 Å². The first-order valence-corrected chi connectivity index (χ1v) is 17.4. The number of nitrogens with zero attached hydrogens (tertiary/aromatic N) is 7. The summed E-state index contributed by atoms with van der Waals surface area (Å²) in [6.07, 6.45) is 12.0. The Kier molecular flexibility index (Phi) is 8.24. The molecule has 3 aromatic heterocycles. The Morgan fingerprint density at radius 1 is 1.00 bits per heavy atom. The van der Waals surface area contributed by atoms with Crippen molar-refractivity contribution in [3.8, 4) is 16.9 Å². The molecule has 226 valence electrons. The van der Waals surface area contributed by atoms with Crippen LogP contribution < -0.4 is 20.7 Å². The second-order valence-corrected chi connectivity index (χ2v) is 15.1. The highest BCUT2D eigenvalue weighted by molar-refractivity contribution is 9.10. The number of anilines is 4. The molecule has 11 nitrogen and oxygen atoms in total. The SMILES string of the molecule is COc1cc(C2=CCN(C)CC2)c(-c2cnn(C)c2)cc1Nc1ncc(Br)c(Nc2ccc3nccnc3c2P(C)(C)=O)n1. The fourth-order valence-electron chi connectivity index (χ4n) is 5.36. The minimum Gasteiger partial charge on any atom is -0.495 e. The average Bonchev–Trinajstić information content (AvgIpc) is 3.44. The monoisotopic (exact) mass is 673 g/mol. The summed E-state index contributed by atoms with van der Waals surface area (Å²) in [5, 5.41) is 11.8. The number of methoxy groups -OCH3 is 1. The number of likely N-dealkylation sites (N-methyl/N-ethyl adjacent to an activating group) is 1. The van der Waals surface area contributed by atoms with Gasteiger partial charge in [0.2, 0.25) is 5.95 Å². The molecule has 0 aliphatic carbocycles. The van der Waals surface area contributed by atoms with Crippen LogP contribution in [0, 0.1) is 0 Å². The first-order chi connectivity index (χ1) is 21.1. The lowest BCUT2D eigenvalue weighted by Gasteiger charge is -2.24. The van der Waals surface area contributed by atoms with E-state index in [4.69, 9.17) is 9.72 Å². The van der Waals surface area contributed by atoms with Crippen molar-refractivity contribution in [3.05, 3.63) is 71.4 Å². The van der Waals surface area contributed by atoms with Gasteiger partial charge in [-0.2, -0.15) is 10.1 Å². The second kappa shape index (κ2) is 12.1. The van der Waals surface area contributed by atoms with Gasteiger partial charge in [0.25, 0.3) is 0 Å². The Morgan fingerprint density at radius 3 is 2.52 bits per heavy atom. The van der Waals surface area contributed by atoms with E-state index in [1.54, 1.807) is 43.7 Å². The molecule has 0 spiro atoms. The van der Waals surface area contributed by atoms with E-state index in [2.05, 4.69) is 76.8 Å². The van der Waals surface area contributed by atoms with E-state index >= 15 is 0 Å². The third-order valence-corrected chi connectivity index (χ3v) is 9.62. The van der Waals surface area contributed by atoms with Crippen molar-refractivity contribution >= 4 is 68.1 Å². The number of halogens is 1. The van der Waals surface area contributed by atoms with Crippen molar-refractivity contribution in [1.29, 1.82) is 0 Å². The van der Waals surface area contributed by atoms with Crippen LogP contribution in [0.5, 0.6) is 5.75 Å². The van der Waals surface area contributed by atoms with Crippen molar-refractivity contribution in [2.24, 2.45) is 7.05 Å². The van der Waals surface area contributed by atoms with E-state index in [0.717, 1.165) is 36.2 Å². The number of aromatic nitrogens is 6. The Bertz CT molecular complexity index is 1950. The summed E-state index contributed by atoms with van der Waals surface area (Å²) in [6.45, 7) is 5.33. The molecule has 1 aliphatic rings. The van der Waals surface area contributed by atoms with Gasteiger partial charge in [-0.15, -0.1) is 0 Å². The summed E-state index contributed by atoms with van der Waals surface area (Å²) in [5.41, 5.74) is 7.06. The van der Waals surface area contributed by atoms with E-state index in [1.165, 1.54) is 5.57 Å². The number of rotatable bonds is 8. The molecule has 0 saturated carbocycles. The normalized spacial score (nSPS) is 14.0. The topological polar surface area (TPSA) is 123 Å². The molecule has 2 N–H and O–H groups in total. The predicted octanol–water partition coefficient (Wildman–Crippen LogP) is 6.05. The van der Waals surface area contributed by atoms with Crippen molar-refractivity contribution in [3.63, 3.8) is 0 Å². The average molecular weight is 675 g/mol. The fraction of sp³-hybridized carbons (Fsp3) is 0.258. The van der Waals surface area contributed by atoms with Gasteiger partial charge in [-0.05, 0) is 83.7 Å². The lowest BCUT2D eigenvalue weighted by Crippen LogP contribution is -2.23. The van der Waals surface area contributed by atoms with E-state index in [-0.39, 0.29) is 0 Å². The van der Waals surface area contributed by atoms with E-state index in [9.17, 15) is 4.57 Å². The lowest BCUT2D eigenvalue weighted by atomic mass is 9.91. The number of hydrogen-bond acceptors (Lipinski definition) is 10. The third kappa shape index (κ3) is 6.10. The van der Waals surface area contributed by atoms with Crippen molar-refractivity contribution < 1.29 is 9.30 Å². The highest BCUT2D eigenvalue weighted by Gasteiger charge is 2.23. The van der Waals surface area contributed by atoms with Crippen LogP contribution >= 0.6 is 23.1 Å². The zero-order valence-electron chi connectivity index (χ0n) is 25.2.